The first-order chi connectivity index (χ1) is 11.6. The molecule has 0 aromatic heterocycles. The van der Waals surface area contributed by atoms with E-state index >= 15 is 0 Å². The molecule has 0 bridgehead atoms. The van der Waals surface area contributed by atoms with Gasteiger partial charge in [0.15, 0.2) is 11.5 Å². The van der Waals surface area contributed by atoms with Crippen molar-refractivity contribution in [2.75, 3.05) is 12.1 Å². The number of carbonyl (C=O) groups excluding carboxylic acids is 1. The fraction of sp³-hybridized carbons (Fsp3) is 0.111. The van der Waals surface area contributed by atoms with E-state index in [0.717, 1.165) is 5.56 Å². The standard InChI is InChI=1S/C18H13ClN2O3/c1-11-4-2-3-5-15(11)21-18(22)13(9-20)6-12-7-16-17(8-14(12)19)24-10-23-16/h2-8H,10H2,1H3,(H,21,22)/b13-6+. The molecule has 6 heteroatoms. The number of nitriles is 1. The summed E-state index contributed by atoms with van der Waals surface area (Å²) in [7, 11) is 0. The monoisotopic (exact) mass is 340 g/mol. The molecule has 0 saturated heterocycles. The fourth-order valence-electron chi connectivity index (χ4n) is 2.25. The predicted octanol–water partition coefficient (Wildman–Crippen LogP) is 3.92. The summed E-state index contributed by atoms with van der Waals surface area (Å²) >= 11 is 6.18. The Labute approximate surface area is 144 Å². The van der Waals surface area contributed by atoms with Crippen LogP contribution in [0, 0.1) is 18.3 Å². The van der Waals surface area contributed by atoms with Gasteiger partial charge in [0.25, 0.3) is 5.91 Å². The Bertz CT molecular complexity index is 884. The van der Waals surface area contributed by atoms with Crippen LogP contribution in [-0.2, 0) is 4.79 Å². The van der Waals surface area contributed by atoms with E-state index in [1.807, 2.05) is 31.2 Å². The van der Waals surface area contributed by atoms with Crippen molar-refractivity contribution in [1.29, 1.82) is 5.26 Å². The fourth-order valence-corrected chi connectivity index (χ4v) is 2.46. The largest absolute Gasteiger partial charge is 0.454 e. The van der Waals surface area contributed by atoms with Crippen LogP contribution in [0.5, 0.6) is 11.5 Å². The quantitative estimate of drug-likeness (QED) is 0.679. The average molecular weight is 341 g/mol. The van der Waals surface area contributed by atoms with Crippen molar-refractivity contribution in [1.82, 2.24) is 0 Å². The zero-order chi connectivity index (χ0) is 17.1. The summed E-state index contributed by atoms with van der Waals surface area (Å²) in [6.45, 7) is 2.00. The van der Waals surface area contributed by atoms with E-state index < -0.39 is 5.91 Å². The average Bonchev–Trinajstić information content (AvgIpc) is 3.01. The molecule has 1 amide bonds. The van der Waals surface area contributed by atoms with Crippen LogP contribution in [0.2, 0.25) is 5.02 Å². The molecule has 1 N–H and O–H groups in total. The van der Waals surface area contributed by atoms with E-state index in [-0.39, 0.29) is 12.4 Å². The van der Waals surface area contributed by atoms with Crippen LogP contribution < -0.4 is 14.8 Å². The second-order valence-corrected chi connectivity index (χ2v) is 5.57. The molecule has 0 unspecified atom stereocenters. The van der Waals surface area contributed by atoms with Crippen LogP contribution in [0.15, 0.2) is 42.0 Å². The molecule has 1 aliphatic heterocycles. The molecule has 3 rings (SSSR count). The van der Waals surface area contributed by atoms with E-state index in [9.17, 15) is 10.1 Å². The lowest BCUT2D eigenvalue weighted by Crippen LogP contribution is -2.14. The van der Waals surface area contributed by atoms with E-state index in [2.05, 4.69) is 5.32 Å². The molecule has 5 nitrogen and oxygen atoms in total. The molecule has 0 saturated carbocycles. The molecule has 0 radical (unpaired) electrons. The number of fused-ring (bicyclic) bond motifs is 1. The van der Waals surface area contributed by atoms with Gasteiger partial charge in [0, 0.05) is 11.8 Å². The first-order valence-electron chi connectivity index (χ1n) is 7.16. The highest BCUT2D eigenvalue weighted by Crippen LogP contribution is 2.37. The number of nitrogens with one attached hydrogen (secondary N) is 1. The highest BCUT2D eigenvalue weighted by atomic mass is 35.5. The van der Waals surface area contributed by atoms with Crippen LogP contribution >= 0.6 is 11.6 Å². The summed E-state index contributed by atoms with van der Waals surface area (Å²) in [5.74, 6) is 0.572. The second kappa shape index (κ2) is 6.65. The number of ether oxygens (including phenoxy) is 2. The number of halogens is 1. The molecular formula is C18H13ClN2O3. The first-order valence-corrected chi connectivity index (χ1v) is 7.54. The van der Waals surface area contributed by atoms with E-state index in [1.54, 1.807) is 18.2 Å². The van der Waals surface area contributed by atoms with E-state index in [4.69, 9.17) is 21.1 Å². The molecule has 1 heterocycles. The maximum atomic E-state index is 12.3. The Hall–Kier alpha value is -2.97. The van der Waals surface area contributed by atoms with Gasteiger partial charge in [0.05, 0.1) is 5.02 Å². The summed E-state index contributed by atoms with van der Waals surface area (Å²) in [5.41, 5.74) is 2.01. The number of carbonyl (C=O) groups is 1. The predicted molar refractivity (Wildman–Crippen MR) is 91.0 cm³/mol. The van der Waals surface area contributed by atoms with Crippen molar-refractivity contribution in [3.8, 4) is 17.6 Å². The van der Waals surface area contributed by atoms with Crippen molar-refractivity contribution in [3.63, 3.8) is 0 Å². The number of benzene rings is 2. The van der Waals surface area contributed by atoms with Gasteiger partial charge in [-0.2, -0.15) is 5.26 Å². The molecule has 2 aromatic carbocycles. The third-order valence-corrected chi connectivity index (χ3v) is 3.88. The third kappa shape index (κ3) is 3.19. The minimum Gasteiger partial charge on any atom is -0.454 e. The Morgan fingerprint density at radius 1 is 1.29 bits per heavy atom. The molecule has 24 heavy (non-hydrogen) atoms. The molecule has 2 aromatic rings. The lowest BCUT2D eigenvalue weighted by atomic mass is 10.1. The Balaban J connectivity index is 1.89. The number of hydrogen-bond donors (Lipinski definition) is 1. The highest BCUT2D eigenvalue weighted by molar-refractivity contribution is 6.32. The Kier molecular flexibility index (Phi) is 4.41. The Morgan fingerprint density at radius 3 is 2.71 bits per heavy atom. The number of anilines is 1. The molecule has 1 aliphatic rings. The van der Waals surface area contributed by atoms with Gasteiger partial charge in [-0.1, -0.05) is 29.8 Å². The minimum atomic E-state index is -0.500. The second-order valence-electron chi connectivity index (χ2n) is 5.17. The zero-order valence-corrected chi connectivity index (χ0v) is 13.6. The number of amides is 1. The number of hydrogen-bond acceptors (Lipinski definition) is 4. The molecule has 0 atom stereocenters. The third-order valence-electron chi connectivity index (χ3n) is 3.55. The maximum absolute atomic E-state index is 12.3. The van der Waals surface area contributed by atoms with Crippen molar-refractivity contribution in [2.45, 2.75) is 6.92 Å². The summed E-state index contributed by atoms with van der Waals surface area (Å²) in [4.78, 5) is 12.3. The molecule has 0 aliphatic carbocycles. The van der Waals surface area contributed by atoms with Crippen LogP contribution in [0.3, 0.4) is 0 Å². The summed E-state index contributed by atoms with van der Waals surface area (Å²) in [5, 5.41) is 12.4. The topological polar surface area (TPSA) is 71.4 Å². The van der Waals surface area contributed by atoms with Crippen LogP contribution in [0.25, 0.3) is 6.08 Å². The van der Waals surface area contributed by atoms with Gasteiger partial charge in [-0.25, -0.2) is 0 Å². The molecule has 0 fully saturated rings. The van der Waals surface area contributed by atoms with Gasteiger partial charge in [-0.15, -0.1) is 0 Å². The van der Waals surface area contributed by atoms with Gasteiger partial charge in [0.1, 0.15) is 11.6 Å². The van der Waals surface area contributed by atoms with Gasteiger partial charge in [-0.05, 0) is 36.3 Å². The lowest BCUT2D eigenvalue weighted by Gasteiger charge is -2.08. The van der Waals surface area contributed by atoms with Crippen LogP contribution in [0.1, 0.15) is 11.1 Å². The Morgan fingerprint density at radius 2 is 2.00 bits per heavy atom. The summed E-state index contributed by atoms with van der Waals surface area (Å²) in [6, 6.07) is 12.5. The van der Waals surface area contributed by atoms with Crippen molar-refractivity contribution in [2.24, 2.45) is 0 Å². The molecular weight excluding hydrogens is 328 g/mol. The zero-order valence-electron chi connectivity index (χ0n) is 12.8. The lowest BCUT2D eigenvalue weighted by molar-refractivity contribution is -0.112. The number of rotatable bonds is 3. The highest BCUT2D eigenvalue weighted by Gasteiger charge is 2.17. The summed E-state index contributed by atoms with van der Waals surface area (Å²) < 4.78 is 10.5. The normalized spacial score (nSPS) is 12.6. The van der Waals surface area contributed by atoms with Crippen molar-refractivity contribution in [3.05, 3.63) is 58.1 Å². The van der Waals surface area contributed by atoms with Crippen LogP contribution in [-0.4, -0.2) is 12.7 Å². The van der Waals surface area contributed by atoms with Crippen LogP contribution in [0.4, 0.5) is 5.69 Å². The van der Waals surface area contributed by atoms with Gasteiger partial charge >= 0.3 is 0 Å². The minimum absolute atomic E-state index is 0.0565. The summed E-state index contributed by atoms with van der Waals surface area (Å²) in [6.07, 6.45) is 1.43. The molecule has 120 valence electrons. The van der Waals surface area contributed by atoms with Gasteiger partial charge in [-0.3, -0.25) is 4.79 Å². The number of para-hydroxylation sites is 1. The smallest absolute Gasteiger partial charge is 0.266 e. The molecule has 0 spiro atoms. The van der Waals surface area contributed by atoms with E-state index in [0.29, 0.717) is 27.8 Å². The number of aryl methyl sites for hydroxylation is 1. The van der Waals surface area contributed by atoms with Crippen molar-refractivity contribution < 1.29 is 14.3 Å². The van der Waals surface area contributed by atoms with Gasteiger partial charge < -0.3 is 14.8 Å². The van der Waals surface area contributed by atoms with Crippen molar-refractivity contribution >= 4 is 29.3 Å². The van der Waals surface area contributed by atoms with E-state index in [1.165, 1.54) is 6.08 Å². The number of nitrogens with zero attached hydrogens (tertiary/aromatic N) is 1. The maximum Gasteiger partial charge on any atom is 0.266 e. The SMILES string of the molecule is Cc1ccccc1NC(=O)/C(C#N)=C/c1cc2c(cc1Cl)OCO2. The first kappa shape index (κ1) is 15.9. The van der Waals surface area contributed by atoms with Gasteiger partial charge in [0.2, 0.25) is 6.79 Å².